The number of rotatable bonds is 9. The second kappa shape index (κ2) is 19.9. The summed E-state index contributed by atoms with van der Waals surface area (Å²) in [6, 6.07) is 115. The minimum atomic E-state index is 0.766. The molecule has 0 aliphatic carbocycles. The molecule has 0 saturated heterocycles. The predicted molar refractivity (Wildman–Crippen MR) is 367 cm³/mol. The van der Waals surface area contributed by atoms with Crippen LogP contribution in [-0.2, 0) is 0 Å². The zero-order valence-corrected chi connectivity index (χ0v) is 47.7. The van der Waals surface area contributed by atoms with Crippen LogP contribution >= 0.6 is 0 Å². The Bertz CT molecular complexity index is 5480. The van der Waals surface area contributed by atoms with Crippen LogP contribution in [0.2, 0.25) is 0 Å². The van der Waals surface area contributed by atoms with Gasteiger partial charge in [-0.05, 0) is 101 Å². The van der Waals surface area contributed by atoms with Crippen LogP contribution in [0.5, 0.6) is 0 Å². The second-order valence-electron chi connectivity index (χ2n) is 22.8. The molecule has 0 atom stereocenters. The largest absolute Gasteiger partial charge is 0.305 e. The summed E-state index contributed by atoms with van der Waals surface area (Å²) in [6.07, 6.45) is 0. The first-order valence-corrected chi connectivity index (χ1v) is 30.1. The van der Waals surface area contributed by atoms with Crippen molar-refractivity contribution in [3.05, 3.63) is 315 Å². The van der Waals surface area contributed by atoms with Crippen LogP contribution in [-0.4, -0.2) is 28.2 Å². The fourth-order valence-electron chi connectivity index (χ4n) is 14.1. The molecular weight excluding hydrogens is 1070 g/mol. The van der Waals surface area contributed by atoms with E-state index in [0.29, 0.717) is 0 Å². The average molecular weight is 1120 g/mol. The lowest BCUT2D eigenvalue weighted by Crippen LogP contribution is -2.16. The third kappa shape index (κ3) is 7.62. The van der Waals surface area contributed by atoms with Gasteiger partial charge >= 0.3 is 0 Å². The van der Waals surface area contributed by atoms with Crippen molar-refractivity contribution >= 4 is 87.2 Å². The molecule has 0 spiro atoms. The molecule has 0 unspecified atom stereocenters. The number of aromatic nitrogens is 6. The summed E-state index contributed by atoms with van der Waals surface area (Å²) < 4.78 is 9.95. The summed E-state index contributed by atoms with van der Waals surface area (Å²) in [7, 11) is 0. The van der Waals surface area contributed by atoms with E-state index in [0.717, 1.165) is 166 Å². The van der Waals surface area contributed by atoms with Crippen molar-refractivity contribution in [3.8, 4) is 78.9 Å². The van der Waals surface area contributed by atoms with Crippen LogP contribution < -0.4 is 0 Å². The van der Waals surface area contributed by atoms with Gasteiger partial charge in [0.15, 0.2) is 11.6 Å². The first kappa shape index (κ1) is 49.6. The van der Waals surface area contributed by atoms with E-state index in [1.807, 2.05) is 0 Å². The highest BCUT2D eigenvalue weighted by molar-refractivity contribution is 6.16. The van der Waals surface area contributed by atoms with Crippen LogP contribution in [0.25, 0.3) is 166 Å². The topological polar surface area (TPSA) is 45.5 Å². The lowest BCUT2D eigenvalue weighted by Gasteiger charge is -2.27. The van der Waals surface area contributed by atoms with Gasteiger partial charge in [0.25, 0.3) is 0 Å². The second-order valence-corrected chi connectivity index (χ2v) is 22.8. The predicted octanol–water partition coefficient (Wildman–Crippen LogP) is 21.2. The van der Waals surface area contributed by atoms with Crippen molar-refractivity contribution < 1.29 is 0 Å². The third-order valence-electron chi connectivity index (χ3n) is 18.0. The molecule has 0 fully saturated rings. The summed E-state index contributed by atoms with van der Waals surface area (Å²) in [6.45, 7) is 0. The number of para-hydroxylation sites is 6. The number of nitrogens with zero attached hydrogens (tertiary/aromatic N) is 6. The quantitative estimate of drug-likeness (QED) is 0.145. The van der Waals surface area contributed by atoms with Crippen molar-refractivity contribution in [2.75, 3.05) is 0 Å². The van der Waals surface area contributed by atoms with Gasteiger partial charge in [0.1, 0.15) is 11.4 Å². The Morgan fingerprint density at radius 2 is 0.455 bits per heavy atom. The first-order valence-electron chi connectivity index (χ1n) is 30.1. The number of hydrogen-bond acceptors (Lipinski definition) is 2. The monoisotopic (exact) mass is 1120 g/mol. The molecular formula is C82H52N6. The molecule has 12 aromatic carbocycles. The van der Waals surface area contributed by atoms with Crippen molar-refractivity contribution in [3.63, 3.8) is 0 Å². The van der Waals surface area contributed by atoms with Crippen LogP contribution in [0.1, 0.15) is 0 Å². The maximum Gasteiger partial charge on any atom is 0.165 e. The standard InChI is InChI=1S/C82H52N6/c1-5-25-53(26-6-1)57-45-47-76-66(49-57)67-50-58(54-27-7-2-8-28-54)46-48-77(67)88(76)82-80(86-72-41-21-15-35-62(72)63-36-16-22-42-73(63)86)78(59-51-68(55-29-9-3-10-30-55)83-69(52-59)56-31-11-4-12-32-56)79(85-70-39-19-13-33-60(70)61-34-14-20-40-71(61)85)81(84-82)87-74-43-23-17-37-64(74)65-38-18-24-44-75(65)87/h1-52H. The molecule has 6 nitrogen and oxygen atoms in total. The molecule has 410 valence electrons. The van der Waals surface area contributed by atoms with Crippen LogP contribution in [0, 0.1) is 0 Å². The summed E-state index contributed by atoms with van der Waals surface area (Å²) in [4.78, 5) is 12.2. The molecule has 18 aromatic rings. The Balaban J connectivity index is 1.14. The number of fused-ring (bicyclic) bond motifs is 12. The highest BCUT2D eigenvalue weighted by Crippen LogP contribution is 2.50. The van der Waals surface area contributed by atoms with Gasteiger partial charge in [-0.1, -0.05) is 243 Å². The van der Waals surface area contributed by atoms with Crippen molar-refractivity contribution in [2.24, 2.45) is 0 Å². The molecule has 88 heavy (non-hydrogen) atoms. The summed E-state index contributed by atoms with van der Waals surface area (Å²) in [5, 5.41) is 9.12. The maximum absolute atomic E-state index is 6.57. The average Bonchev–Trinajstić information content (AvgIpc) is 1.47. The Labute approximate surface area is 507 Å². The Morgan fingerprint density at radius 1 is 0.182 bits per heavy atom. The van der Waals surface area contributed by atoms with Gasteiger partial charge in [-0.15, -0.1) is 0 Å². The smallest absolute Gasteiger partial charge is 0.165 e. The van der Waals surface area contributed by atoms with Crippen molar-refractivity contribution in [2.45, 2.75) is 0 Å². The van der Waals surface area contributed by atoms with E-state index in [-0.39, 0.29) is 0 Å². The van der Waals surface area contributed by atoms with Crippen LogP contribution in [0.3, 0.4) is 0 Å². The molecule has 0 radical (unpaired) electrons. The highest BCUT2D eigenvalue weighted by atomic mass is 15.2. The highest BCUT2D eigenvalue weighted by Gasteiger charge is 2.33. The van der Waals surface area contributed by atoms with Gasteiger partial charge in [-0.2, -0.15) is 0 Å². The van der Waals surface area contributed by atoms with E-state index < -0.39 is 0 Å². The molecule has 0 aliphatic rings. The Kier molecular flexibility index (Phi) is 11.2. The lowest BCUT2D eigenvalue weighted by atomic mass is 9.96. The zero-order valence-electron chi connectivity index (χ0n) is 47.7. The molecule has 0 N–H and O–H groups in total. The van der Waals surface area contributed by atoms with Gasteiger partial charge in [0.05, 0.1) is 55.5 Å². The Hall–Kier alpha value is -11.9. The molecule has 6 heterocycles. The van der Waals surface area contributed by atoms with Gasteiger partial charge in [0, 0.05) is 59.8 Å². The SMILES string of the molecule is c1ccc(-c2ccc3c(c2)c2cc(-c4ccccc4)ccc2n3-c2nc(-n3c4ccccc4c4ccccc43)c(-n3c4ccccc4c4ccccc43)c(-c3cc(-c4ccccc4)nc(-c4ccccc4)c3)c2-n2c3ccccc3c3ccccc32)cc1. The molecule has 0 aliphatic heterocycles. The van der Waals surface area contributed by atoms with Crippen molar-refractivity contribution in [1.82, 2.24) is 28.2 Å². The Morgan fingerprint density at radius 3 is 0.784 bits per heavy atom. The van der Waals surface area contributed by atoms with E-state index >= 15 is 0 Å². The van der Waals surface area contributed by atoms with Crippen LogP contribution in [0.15, 0.2) is 315 Å². The van der Waals surface area contributed by atoms with E-state index in [1.54, 1.807) is 0 Å². The van der Waals surface area contributed by atoms with E-state index in [2.05, 4.69) is 334 Å². The minimum absolute atomic E-state index is 0.766. The molecule has 18 rings (SSSR count). The van der Waals surface area contributed by atoms with E-state index in [9.17, 15) is 0 Å². The van der Waals surface area contributed by atoms with E-state index in [1.165, 1.54) is 0 Å². The van der Waals surface area contributed by atoms with Gasteiger partial charge in [0.2, 0.25) is 0 Å². The molecule has 6 heteroatoms. The molecule has 0 bridgehead atoms. The van der Waals surface area contributed by atoms with Gasteiger partial charge in [-0.3, -0.25) is 9.13 Å². The number of hydrogen-bond donors (Lipinski definition) is 0. The molecule has 0 saturated carbocycles. The number of benzene rings is 12. The lowest BCUT2D eigenvalue weighted by molar-refractivity contribution is 0.961. The van der Waals surface area contributed by atoms with E-state index in [4.69, 9.17) is 9.97 Å². The fraction of sp³-hybridized carbons (Fsp3) is 0. The fourth-order valence-corrected chi connectivity index (χ4v) is 14.1. The van der Waals surface area contributed by atoms with Crippen molar-refractivity contribution in [1.29, 1.82) is 0 Å². The first-order chi connectivity index (χ1) is 43.7. The van der Waals surface area contributed by atoms with Crippen LogP contribution in [0.4, 0.5) is 0 Å². The number of pyridine rings is 2. The molecule has 6 aromatic heterocycles. The zero-order chi connectivity index (χ0) is 57.8. The molecule has 0 amide bonds. The minimum Gasteiger partial charge on any atom is -0.305 e. The summed E-state index contributed by atoms with van der Waals surface area (Å²) in [5.41, 5.74) is 20.5. The van der Waals surface area contributed by atoms with Gasteiger partial charge in [-0.25, -0.2) is 9.97 Å². The van der Waals surface area contributed by atoms with Gasteiger partial charge < -0.3 is 9.13 Å². The maximum atomic E-state index is 6.57. The summed E-state index contributed by atoms with van der Waals surface area (Å²) >= 11 is 0. The normalized spacial score (nSPS) is 11.9. The third-order valence-corrected chi connectivity index (χ3v) is 18.0. The summed E-state index contributed by atoms with van der Waals surface area (Å²) in [5.74, 6) is 1.54.